The van der Waals surface area contributed by atoms with Gasteiger partial charge in [0.1, 0.15) is 5.82 Å². The van der Waals surface area contributed by atoms with Crippen molar-refractivity contribution in [1.29, 1.82) is 0 Å². The second-order valence-electron chi connectivity index (χ2n) is 7.40. The second-order valence-corrected chi connectivity index (χ2v) is 7.40. The number of aryl methyl sites for hydroxylation is 1. The standard InChI is InChI=1S/C22H21FN4O2/c1-14(2)26-21(28)19-20(27(22(26)29)18-6-4-5-17(23)11-18)24-13-25(19)12-16-9-7-15(3)8-10-16/h4-11,13-14H,12H2,1-3H3. The van der Waals surface area contributed by atoms with Gasteiger partial charge in [-0.05, 0) is 44.5 Å². The van der Waals surface area contributed by atoms with Gasteiger partial charge in [0.15, 0.2) is 11.2 Å². The molecule has 0 amide bonds. The summed E-state index contributed by atoms with van der Waals surface area (Å²) in [6, 6.07) is 13.3. The minimum absolute atomic E-state index is 0.217. The highest BCUT2D eigenvalue weighted by Gasteiger charge is 2.20. The molecule has 0 fully saturated rings. The Balaban J connectivity index is 2.01. The molecule has 2 heterocycles. The minimum Gasteiger partial charge on any atom is -0.320 e. The van der Waals surface area contributed by atoms with Gasteiger partial charge in [-0.2, -0.15) is 0 Å². The number of fused-ring (bicyclic) bond motifs is 1. The van der Waals surface area contributed by atoms with E-state index in [9.17, 15) is 14.0 Å². The molecule has 0 saturated heterocycles. The van der Waals surface area contributed by atoms with Crippen molar-refractivity contribution < 1.29 is 4.39 Å². The molecule has 4 aromatic rings. The Bertz CT molecular complexity index is 1310. The quantitative estimate of drug-likeness (QED) is 0.535. The summed E-state index contributed by atoms with van der Waals surface area (Å²) < 4.78 is 18.0. The molecule has 4 rings (SSSR count). The molecule has 6 nitrogen and oxygen atoms in total. The van der Waals surface area contributed by atoms with Crippen LogP contribution in [0.15, 0.2) is 64.4 Å². The maximum atomic E-state index is 13.8. The van der Waals surface area contributed by atoms with E-state index >= 15 is 0 Å². The van der Waals surface area contributed by atoms with Gasteiger partial charge in [-0.15, -0.1) is 0 Å². The zero-order valence-electron chi connectivity index (χ0n) is 16.5. The molecule has 7 heteroatoms. The molecule has 0 bridgehead atoms. The zero-order chi connectivity index (χ0) is 20.7. The molecule has 0 aliphatic heterocycles. The fourth-order valence-corrected chi connectivity index (χ4v) is 3.47. The number of imidazole rings is 1. The zero-order valence-corrected chi connectivity index (χ0v) is 16.5. The van der Waals surface area contributed by atoms with E-state index in [0.717, 1.165) is 11.1 Å². The fourth-order valence-electron chi connectivity index (χ4n) is 3.47. The first-order valence-electron chi connectivity index (χ1n) is 9.40. The largest absolute Gasteiger partial charge is 0.337 e. The average molecular weight is 392 g/mol. The topological polar surface area (TPSA) is 61.8 Å². The molecular weight excluding hydrogens is 371 g/mol. The smallest absolute Gasteiger partial charge is 0.320 e. The van der Waals surface area contributed by atoms with Gasteiger partial charge >= 0.3 is 5.69 Å². The predicted molar refractivity (Wildman–Crippen MR) is 110 cm³/mol. The number of hydrogen-bond acceptors (Lipinski definition) is 3. The molecule has 29 heavy (non-hydrogen) atoms. The summed E-state index contributed by atoms with van der Waals surface area (Å²) in [5.41, 5.74) is 2.06. The number of rotatable bonds is 4. The van der Waals surface area contributed by atoms with Crippen LogP contribution in [0.25, 0.3) is 16.9 Å². The van der Waals surface area contributed by atoms with E-state index in [1.807, 2.05) is 31.2 Å². The van der Waals surface area contributed by atoms with Gasteiger partial charge in [-0.1, -0.05) is 35.9 Å². The van der Waals surface area contributed by atoms with Crippen molar-refractivity contribution in [3.05, 3.63) is 92.6 Å². The maximum Gasteiger partial charge on any atom is 0.337 e. The lowest BCUT2D eigenvalue weighted by molar-refractivity contribution is 0.538. The van der Waals surface area contributed by atoms with E-state index in [-0.39, 0.29) is 11.7 Å². The highest BCUT2D eigenvalue weighted by Crippen LogP contribution is 2.16. The first-order valence-corrected chi connectivity index (χ1v) is 9.40. The summed E-state index contributed by atoms with van der Waals surface area (Å²) in [5.74, 6) is -0.469. The summed E-state index contributed by atoms with van der Waals surface area (Å²) in [6.07, 6.45) is 1.55. The first-order chi connectivity index (χ1) is 13.9. The molecule has 2 aromatic carbocycles. The van der Waals surface area contributed by atoms with Gasteiger partial charge < -0.3 is 4.57 Å². The van der Waals surface area contributed by atoms with Crippen LogP contribution in [0.5, 0.6) is 0 Å². The normalized spacial score (nSPS) is 11.5. The Hall–Kier alpha value is -3.48. The highest BCUT2D eigenvalue weighted by atomic mass is 19.1. The van der Waals surface area contributed by atoms with E-state index in [1.54, 1.807) is 30.8 Å². The SMILES string of the molecule is Cc1ccc(Cn2cnc3c2c(=O)n(C(C)C)c(=O)n3-c2cccc(F)c2)cc1. The highest BCUT2D eigenvalue weighted by molar-refractivity contribution is 5.72. The van der Waals surface area contributed by atoms with E-state index < -0.39 is 17.1 Å². The number of hydrogen-bond donors (Lipinski definition) is 0. The van der Waals surface area contributed by atoms with Gasteiger partial charge in [-0.3, -0.25) is 9.36 Å². The van der Waals surface area contributed by atoms with Crippen LogP contribution in [0.3, 0.4) is 0 Å². The van der Waals surface area contributed by atoms with Gasteiger partial charge in [0.25, 0.3) is 5.56 Å². The molecule has 0 atom stereocenters. The Morgan fingerprint density at radius 2 is 1.79 bits per heavy atom. The van der Waals surface area contributed by atoms with Crippen molar-refractivity contribution >= 4 is 11.2 Å². The lowest BCUT2D eigenvalue weighted by Gasteiger charge is -2.15. The summed E-state index contributed by atoms with van der Waals surface area (Å²) >= 11 is 0. The number of halogens is 1. The van der Waals surface area contributed by atoms with Gasteiger partial charge in [0.05, 0.1) is 12.0 Å². The van der Waals surface area contributed by atoms with E-state index in [4.69, 9.17) is 0 Å². The minimum atomic E-state index is -0.538. The van der Waals surface area contributed by atoms with Crippen molar-refractivity contribution in [3.8, 4) is 5.69 Å². The van der Waals surface area contributed by atoms with E-state index in [0.29, 0.717) is 17.7 Å². The molecule has 0 spiro atoms. The van der Waals surface area contributed by atoms with Crippen molar-refractivity contribution in [3.63, 3.8) is 0 Å². The first kappa shape index (κ1) is 18.9. The monoisotopic (exact) mass is 392 g/mol. The molecule has 0 radical (unpaired) electrons. The fraction of sp³-hybridized carbons (Fsp3) is 0.227. The molecular formula is C22H21FN4O2. The molecule has 0 saturated carbocycles. The molecule has 0 N–H and O–H groups in total. The van der Waals surface area contributed by atoms with Crippen LogP contribution in [-0.2, 0) is 6.54 Å². The second kappa shape index (κ2) is 7.16. The van der Waals surface area contributed by atoms with Crippen LogP contribution >= 0.6 is 0 Å². The van der Waals surface area contributed by atoms with Crippen molar-refractivity contribution in [1.82, 2.24) is 18.7 Å². The number of aromatic nitrogens is 4. The van der Waals surface area contributed by atoms with Gasteiger partial charge in [-0.25, -0.2) is 18.7 Å². The van der Waals surface area contributed by atoms with Crippen LogP contribution < -0.4 is 11.2 Å². The van der Waals surface area contributed by atoms with Crippen LogP contribution in [0.4, 0.5) is 4.39 Å². The average Bonchev–Trinajstić information content (AvgIpc) is 3.07. The molecule has 2 aromatic heterocycles. The third-order valence-corrected chi connectivity index (χ3v) is 4.91. The lowest BCUT2D eigenvalue weighted by Crippen LogP contribution is -2.41. The van der Waals surface area contributed by atoms with Gasteiger partial charge in [0.2, 0.25) is 0 Å². The van der Waals surface area contributed by atoms with Crippen LogP contribution in [-0.4, -0.2) is 18.7 Å². The Kier molecular flexibility index (Phi) is 4.66. The van der Waals surface area contributed by atoms with Crippen molar-refractivity contribution in [2.24, 2.45) is 0 Å². The third kappa shape index (κ3) is 3.29. The van der Waals surface area contributed by atoms with E-state index in [2.05, 4.69) is 4.98 Å². The Morgan fingerprint density at radius 1 is 1.07 bits per heavy atom. The Labute approximate surface area is 166 Å². The maximum absolute atomic E-state index is 13.8. The number of benzene rings is 2. The van der Waals surface area contributed by atoms with Crippen molar-refractivity contribution in [2.75, 3.05) is 0 Å². The van der Waals surface area contributed by atoms with Crippen LogP contribution in [0, 0.1) is 12.7 Å². The van der Waals surface area contributed by atoms with Crippen LogP contribution in [0.1, 0.15) is 31.0 Å². The summed E-state index contributed by atoms with van der Waals surface area (Å²) in [5, 5.41) is 0. The molecule has 0 aliphatic carbocycles. The Morgan fingerprint density at radius 3 is 2.45 bits per heavy atom. The van der Waals surface area contributed by atoms with E-state index in [1.165, 1.54) is 27.3 Å². The van der Waals surface area contributed by atoms with Crippen molar-refractivity contribution in [2.45, 2.75) is 33.4 Å². The number of nitrogens with zero attached hydrogens (tertiary/aromatic N) is 4. The lowest BCUT2D eigenvalue weighted by atomic mass is 10.1. The molecule has 0 unspecified atom stereocenters. The summed E-state index contributed by atoms with van der Waals surface area (Å²) in [6.45, 7) is 5.98. The van der Waals surface area contributed by atoms with Crippen LogP contribution in [0.2, 0.25) is 0 Å². The predicted octanol–water partition coefficient (Wildman–Crippen LogP) is 3.43. The summed E-state index contributed by atoms with van der Waals surface area (Å²) in [7, 11) is 0. The van der Waals surface area contributed by atoms with Gasteiger partial charge in [0, 0.05) is 12.6 Å². The third-order valence-electron chi connectivity index (χ3n) is 4.91. The summed E-state index contributed by atoms with van der Waals surface area (Å²) in [4.78, 5) is 30.6. The molecule has 0 aliphatic rings. The molecule has 148 valence electrons.